The maximum absolute atomic E-state index is 5.68. The van der Waals surface area contributed by atoms with Gasteiger partial charge < -0.3 is 9.73 Å². The lowest BCUT2D eigenvalue weighted by Gasteiger charge is -1.94. The number of hydrogen-bond acceptors (Lipinski definition) is 2. The van der Waals surface area contributed by atoms with Crippen LogP contribution >= 0.6 is 0 Å². The summed E-state index contributed by atoms with van der Waals surface area (Å²) in [7, 11) is 0. The highest BCUT2D eigenvalue weighted by molar-refractivity contribution is 5.88. The number of nitrogens with one attached hydrogen (secondary N) is 1. The van der Waals surface area contributed by atoms with E-state index in [0.29, 0.717) is 0 Å². The number of hydrogen-bond donors (Lipinski definition) is 1. The first-order valence-electron chi connectivity index (χ1n) is 5.68. The van der Waals surface area contributed by atoms with Crippen LogP contribution in [0, 0.1) is 6.92 Å². The van der Waals surface area contributed by atoms with E-state index in [1.807, 2.05) is 25.1 Å². The zero-order chi connectivity index (χ0) is 11.4. The van der Waals surface area contributed by atoms with E-state index in [2.05, 4.69) is 30.5 Å². The minimum absolute atomic E-state index is 0.898. The van der Waals surface area contributed by atoms with Crippen molar-refractivity contribution in [2.75, 3.05) is 13.1 Å². The van der Waals surface area contributed by atoms with Gasteiger partial charge in [-0.25, -0.2) is 0 Å². The minimum Gasteiger partial charge on any atom is -0.461 e. The summed E-state index contributed by atoms with van der Waals surface area (Å²) in [5, 5.41) is 4.45. The number of para-hydroxylation sites is 1. The van der Waals surface area contributed by atoms with Crippen molar-refractivity contribution in [1.29, 1.82) is 0 Å². The average molecular weight is 215 g/mol. The van der Waals surface area contributed by atoms with Crippen LogP contribution in [0.2, 0.25) is 0 Å². The predicted molar refractivity (Wildman–Crippen MR) is 68.5 cm³/mol. The highest BCUT2D eigenvalue weighted by Gasteiger charge is 2.06. The van der Waals surface area contributed by atoms with Gasteiger partial charge in [0, 0.05) is 17.5 Å². The fourth-order valence-corrected chi connectivity index (χ4v) is 1.80. The second-order valence-electron chi connectivity index (χ2n) is 3.78. The standard InChI is InChI=1S/C14H17NO/c1-3-15-10-6-8-12-11(2)16-14-9-5-4-7-13(12)14/h4-9,15H,3,10H2,1-2H3/b8-6+. The first-order valence-corrected chi connectivity index (χ1v) is 5.68. The van der Waals surface area contributed by atoms with Crippen LogP contribution in [0.5, 0.6) is 0 Å². The van der Waals surface area contributed by atoms with Crippen LogP contribution in [0.25, 0.3) is 17.0 Å². The average Bonchev–Trinajstić information content (AvgIpc) is 2.61. The summed E-state index contributed by atoms with van der Waals surface area (Å²) in [5.41, 5.74) is 2.15. The monoisotopic (exact) mass is 215 g/mol. The number of fused-ring (bicyclic) bond motifs is 1. The lowest BCUT2D eigenvalue weighted by atomic mass is 10.1. The Morgan fingerprint density at radius 3 is 2.94 bits per heavy atom. The fraction of sp³-hybridized carbons (Fsp3) is 0.286. The highest BCUT2D eigenvalue weighted by atomic mass is 16.3. The normalized spacial score (nSPS) is 11.6. The van der Waals surface area contributed by atoms with Crippen molar-refractivity contribution in [3.8, 4) is 0 Å². The number of benzene rings is 1. The van der Waals surface area contributed by atoms with E-state index in [1.54, 1.807) is 0 Å². The molecule has 0 aliphatic rings. The molecule has 0 saturated heterocycles. The lowest BCUT2D eigenvalue weighted by molar-refractivity contribution is 0.577. The van der Waals surface area contributed by atoms with Crippen LogP contribution in [0.15, 0.2) is 34.8 Å². The van der Waals surface area contributed by atoms with Crippen LogP contribution in [0.1, 0.15) is 18.2 Å². The van der Waals surface area contributed by atoms with Crippen LogP contribution in [0.4, 0.5) is 0 Å². The van der Waals surface area contributed by atoms with Gasteiger partial charge in [-0.2, -0.15) is 0 Å². The zero-order valence-electron chi connectivity index (χ0n) is 9.79. The third-order valence-corrected chi connectivity index (χ3v) is 2.62. The summed E-state index contributed by atoms with van der Waals surface area (Å²) in [6.45, 7) is 6.00. The molecule has 0 amide bonds. The maximum atomic E-state index is 5.68. The van der Waals surface area contributed by atoms with E-state index in [-0.39, 0.29) is 0 Å². The van der Waals surface area contributed by atoms with Gasteiger partial charge in [0.05, 0.1) is 0 Å². The smallest absolute Gasteiger partial charge is 0.134 e. The highest BCUT2D eigenvalue weighted by Crippen LogP contribution is 2.25. The Morgan fingerprint density at radius 2 is 2.12 bits per heavy atom. The summed E-state index contributed by atoms with van der Waals surface area (Å²) in [5.74, 6) is 0.981. The molecule has 2 heteroatoms. The molecule has 0 atom stereocenters. The Morgan fingerprint density at radius 1 is 1.31 bits per heavy atom. The molecule has 0 bridgehead atoms. The molecule has 0 aliphatic carbocycles. The molecule has 1 heterocycles. The molecule has 84 valence electrons. The van der Waals surface area contributed by atoms with E-state index in [4.69, 9.17) is 4.42 Å². The molecule has 0 spiro atoms. The molecule has 0 saturated carbocycles. The number of rotatable bonds is 4. The Bertz CT molecular complexity index is 496. The Hall–Kier alpha value is -1.54. The van der Waals surface area contributed by atoms with E-state index in [9.17, 15) is 0 Å². The van der Waals surface area contributed by atoms with Gasteiger partial charge in [0.25, 0.3) is 0 Å². The van der Waals surface area contributed by atoms with E-state index >= 15 is 0 Å². The molecule has 0 unspecified atom stereocenters. The SMILES string of the molecule is CCNC/C=C/c1c(C)oc2ccccc12. The van der Waals surface area contributed by atoms with Crippen molar-refractivity contribution >= 4 is 17.0 Å². The van der Waals surface area contributed by atoms with Gasteiger partial charge in [-0.3, -0.25) is 0 Å². The second-order valence-corrected chi connectivity index (χ2v) is 3.78. The first kappa shape index (κ1) is 11.0. The van der Waals surface area contributed by atoms with E-state index in [0.717, 1.165) is 24.4 Å². The predicted octanol–water partition coefficient (Wildman–Crippen LogP) is 3.36. The number of likely N-dealkylation sites (N-methyl/N-ethyl adjacent to an activating group) is 1. The van der Waals surface area contributed by atoms with Crippen LogP contribution < -0.4 is 5.32 Å². The summed E-state index contributed by atoms with van der Waals surface area (Å²) >= 11 is 0. The molecule has 2 rings (SSSR count). The van der Waals surface area contributed by atoms with Crippen molar-refractivity contribution in [3.63, 3.8) is 0 Å². The van der Waals surface area contributed by atoms with Crippen molar-refractivity contribution in [2.45, 2.75) is 13.8 Å². The van der Waals surface area contributed by atoms with Crippen LogP contribution in [-0.2, 0) is 0 Å². The molecule has 1 N–H and O–H groups in total. The van der Waals surface area contributed by atoms with Gasteiger partial charge in [0.2, 0.25) is 0 Å². The molecule has 2 aromatic rings. The van der Waals surface area contributed by atoms with Crippen molar-refractivity contribution in [2.24, 2.45) is 0 Å². The maximum Gasteiger partial charge on any atom is 0.134 e. The molecular weight excluding hydrogens is 198 g/mol. The number of furan rings is 1. The Balaban J connectivity index is 2.29. The molecule has 1 aromatic heterocycles. The third-order valence-electron chi connectivity index (χ3n) is 2.62. The minimum atomic E-state index is 0.898. The molecule has 0 radical (unpaired) electrons. The summed E-state index contributed by atoms with van der Waals surface area (Å²) in [6.07, 6.45) is 4.26. The van der Waals surface area contributed by atoms with E-state index in [1.165, 1.54) is 10.9 Å². The van der Waals surface area contributed by atoms with Gasteiger partial charge in [-0.1, -0.05) is 37.3 Å². The van der Waals surface area contributed by atoms with Gasteiger partial charge >= 0.3 is 0 Å². The molecule has 2 nitrogen and oxygen atoms in total. The summed E-state index contributed by atoms with van der Waals surface area (Å²) in [6, 6.07) is 8.14. The molecule has 0 aliphatic heterocycles. The van der Waals surface area contributed by atoms with Gasteiger partial charge in [0.1, 0.15) is 11.3 Å². The Labute approximate surface area is 96.0 Å². The largest absolute Gasteiger partial charge is 0.461 e. The fourth-order valence-electron chi connectivity index (χ4n) is 1.80. The third kappa shape index (κ3) is 2.17. The molecular formula is C14H17NO. The Kier molecular flexibility index (Phi) is 3.42. The quantitative estimate of drug-likeness (QED) is 0.791. The zero-order valence-corrected chi connectivity index (χ0v) is 9.79. The van der Waals surface area contributed by atoms with Gasteiger partial charge in [-0.05, 0) is 19.5 Å². The topological polar surface area (TPSA) is 25.2 Å². The van der Waals surface area contributed by atoms with Gasteiger partial charge in [0.15, 0.2) is 0 Å². The van der Waals surface area contributed by atoms with Crippen LogP contribution in [-0.4, -0.2) is 13.1 Å². The van der Waals surface area contributed by atoms with Crippen molar-refractivity contribution in [3.05, 3.63) is 41.7 Å². The van der Waals surface area contributed by atoms with Crippen LogP contribution in [0.3, 0.4) is 0 Å². The first-order chi connectivity index (χ1) is 7.83. The molecule has 0 fully saturated rings. The summed E-state index contributed by atoms with van der Waals surface area (Å²) < 4.78 is 5.68. The van der Waals surface area contributed by atoms with Crippen molar-refractivity contribution < 1.29 is 4.42 Å². The van der Waals surface area contributed by atoms with E-state index < -0.39 is 0 Å². The second kappa shape index (κ2) is 4.99. The van der Waals surface area contributed by atoms with Gasteiger partial charge in [-0.15, -0.1) is 0 Å². The lowest BCUT2D eigenvalue weighted by Crippen LogP contribution is -2.11. The molecule has 1 aromatic carbocycles. The summed E-state index contributed by atoms with van der Waals surface area (Å²) in [4.78, 5) is 0. The molecule has 16 heavy (non-hydrogen) atoms. The number of aryl methyl sites for hydroxylation is 1. The van der Waals surface area contributed by atoms with Crippen molar-refractivity contribution in [1.82, 2.24) is 5.32 Å².